The van der Waals surface area contributed by atoms with E-state index < -0.39 is 5.97 Å². The van der Waals surface area contributed by atoms with Crippen molar-refractivity contribution in [2.45, 2.75) is 11.3 Å². The maximum atomic E-state index is 10.9. The third-order valence-corrected chi connectivity index (χ3v) is 3.13. The van der Waals surface area contributed by atoms with Crippen LogP contribution in [0.4, 0.5) is 5.69 Å². The lowest BCUT2D eigenvalue weighted by Crippen LogP contribution is -2.00. The number of rotatable bonds is 6. The Balaban J connectivity index is 2.68. The van der Waals surface area contributed by atoms with Crippen molar-refractivity contribution in [2.24, 2.45) is 0 Å². The van der Waals surface area contributed by atoms with Crippen LogP contribution in [0.15, 0.2) is 23.1 Å². The molecular formula is C11H15NO3S. The lowest BCUT2D eigenvalue weighted by molar-refractivity contribution is 0.0693. The first-order valence-corrected chi connectivity index (χ1v) is 5.88. The van der Waals surface area contributed by atoms with Gasteiger partial charge >= 0.3 is 5.97 Å². The summed E-state index contributed by atoms with van der Waals surface area (Å²) in [6.45, 7) is 0.678. The predicted molar refractivity (Wildman–Crippen MR) is 65.0 cm³/mol. The zero-order valence-corrected chi connectivity index (χ0v) is 9.92. The molecule has 0 heterocycles. The molecule has 88 valence electrons. The molecule has 5 heteroatoms. The SMILES string of the molecule is COCCCSc1cc(N)ccc1C(=O)O. The molecule has 0 fully saturated rings. The molecule has 0 atom stereocenters. The summed E-state index contributed by atoms with van der Waals surface area (Å²) in [7, 11) is 1.65. The molecule has 4 nitrogen and oxygen atoms in total. The summed E-state index contributed by atoms with van der Waals surface area (Å²) in [5.74, 6) is -0.105. The molecule has 0 unspecified atom stereocenters. The highest BCUT2D eigenvalue weighted by Gasteiger charge is 2.10. The van der Waals surface area contributed by atoms with Crippen molar-refractivity contribution in [3.05, 3.63) is 23.8 Å². The number of carboxylic acids is 1. The fourth-order valence-corrected chi connectivity index (χ4v) is 2.23. The fourth-order valence-electron chi connectivity index (χ4n) is 1.22. The van der Waals surface area contributed by atoms with Crippen LogP contribution >= 0.6 is 11.8 Å². The summed E-state index contributed by atoms with van der Waals surface area (Å²) in [4.78, 5) is 11.7. The predicted octanol–water partition coefficient (Wildman–Crippen LogP) is 2.10. The fraction of sp³-hybridized carbons (Fsp3) is 0.364. The van der Waals surface area contributed by atoms with E-state index in [9.17, 15) is 4.79 Å². The lowest BCUT2D eigenvalue weighted by Gasteiger charge is -2.06. The molecule has 0 spiro atoms. The van der Waals surface area contributed by atoms with E-state index in [1.807, 2.05) is 0 Å². The molecular weight excluding hydrogens is 226 g/mol. The van der Waals surface area contributed by atoms with Crippen molar-refractivity contribution < 1.29 is 14.6 Å². The number of aromatic carboxylic acids is 1. The minimum Gasteiger partial charge on any atom is -0.478 e. The van der Waals surface area contributed by atoms with Gasteiger partial charge in [-0.1, -0.05) is 0 Å². The van der Waals surface area contributed by atoms with Gasteiger partial charge in [0.2, 0.25) is 0 Å². The highest BCUT2D eigenvalue weighted by atomic mass is 32.2. The van der Waals surface area contributed by atoms with Gasteiger partial charge in [-0.2, -0.15) is 0 Å². The van der Waals surface area contributed by atoms with E-state index >= 15 is 0 Å². The molecule has 1 aromatic carbocycles. The van der Waals surface area contributed by atoms with E-state index in [0.717, 1.165) is 12.2 Å². The molecule has 16 heavy (non-hydrogen) atoms. The van der Waals surface area contributed by atoms with Gasteiger partial charge in [0.1, 0.15) is 0 Å². The maximum Gasteiger partial charge on any atom is 0.336 e. The molecule has 0 saturated carbocycles. The first kappa shape index (κ1) is 12.9. The lowest BCUT2D eigenvalue weighted by atomic mass is 10.2. The topological polar surface area (TPSA) is 72.5 Å². The second-order valence-electron chi connectivity index (χ2n) is 3.26. The average molecular weight is 241 g/mol. The van der Waals surface area contributed by atoms with Crippen LogP contribution in [0.3, 0.4) is 0 Å². The number of ether oxygens (including phenoxy) is 1. The first-order chi connectivity index (χ1) is 7.65. The maximum absolute atomic E-state index is 10.9. The van der Waals surface area contributed by atoms with Gasteiger partial charge in [-0.25, -0.2) is 4.79 Å². The Hall–Kier alpha value is -1.20. The van der Waals surface area contributed by atoms with Crippen molar-refractivity contribution in [1.29, 1.82) is 0 Å². The Labute approximate surface area is 98.8 Å². The van der Waals surface area contributed by atoms with Gasteiger partial charge in [0, 0.05) is 30.1 Å². The number of thioether (sulfide) groups is 1. The molecule has 0 aromatic heterocycles. The van der Waals surface area contributed by atoms with E-state index in [-0.39, 0.29) is 0 Å². The highest BCUT2D eigenvalue weighted by molar-refractivity contribution is 7.99. The van der Waals surface area contributed by atoms with E-state index in [4.69, 9.17) is 15.6 Å². The monoisotopic (exact) mass is 241 g/mol. The normalized spacial score (nSPS) is 10.3. The van der Waals surface area contributed by atoms with Gasteiger partial charge in [-0.15, -0.1) is 11.8 Å². The van der Waals surface area contributed by atoms with Crippen molar-refractivity contribution >= 4 is 23.4 Å². The Bertz CT molecular complexity index is 368. The number of carboxylic acid groups (broad SMARTS) is 1. The zero-order chi connectivity index (χ0) is 12.0. The molecule has 0 radical (unpaired) electrons. The third kappa shape index (κ3) is 3.75. The number of nitrogen functional groups attached to an aromatic ring is 1. The van der Waals surface area contributed by atoms with E-state index in [1.54, 1.807) is 19.2 Å². The Kier molecular flexibility index (Phi) is 5.14. The number of carbonyl (C=O) groups is 1. The van der Waals surface area contributed by atoms with Crippen LogP contribution in [-0.2, 0) is 4.74 Å². The summed E-state index contributed by atoms with van der Waals surface area (Å²) in [6, 6.07) is 4.83. The van der Waals surface area contributed by atoms with Crippen LogP contribution in [0.5, 0.6) is 0 Å². The molecule has 0 aliphatic carbocycles. The van der Waals surface area contributed by atoms with Crippen molar-refractivity contribution in [2.75, 3.05) is 25.2 Å². The van der Waals surface area contributed by atoms with Gasteiger partial charge in [0.25, 0.3) is 0 Å². The molecule has 0 aliphatic heterocycles. The molecule has 1 aromatic rings. The van der Waals surface area contributed by atoms with Gasteiger partial charge < -0.3 is 15.6 Å². The van der Waals surface area contributed by atoms with E-state index in [1.165, 1.54) is 17.8 Å². The highest BCUT2D eigenvalue weighted by Crippen LogP contribution is 2.25. The summed E-state index contributed by atoms with van der Waals surface area (Å²) >= 11 is 1.49. The van der Waals surface area contributed by atoms with Crippen LogP contribution < -0.4 is 5.73 Å². The molecule has 0 amide bonds. The number of benzene rings is 1. The Morgan fingerprint density at radius 1 is 1.56 bits per heavy atom. The Morgan fingerprint density at radius 2 is 2.31 bits per heavy atom. The molecule has 1 rings (SSSR count). The average Bonchev–Trinajstić information content (AvgIpc) is 2.24. The van der Waals surface area contributed by atoms with Gasteiger partial charge in [-0.3, -0.25) is 0 Å². The quantitative estimate of drug-likeness (QED) is 0.453. The molecule has 3 N–H and O–H groups in total. The first-order valence-electron chi connectivity index (χ1n) is 4.89. The van der Waals surface area contributed by atoms with Crippen LogP contribution in [0.2, 0.25) is 0 Å². The second kappa shape index (κ2) is 6.40. The molecule has 0 bridgehead atoms. The smallest absolute Gasteiger partial charge is 0.336 e. The minimum atomic E-state index is -0.922. The van der Waals surface area contributed by atoms with Crippen LogP contribution in [0.25, 0.3) is 0 Å². The summed E-state index contributed by atoms with van der Waals surface area (Å²) in [5, 5.41) is 8.98. The standard InChI is InChI=1S/C11H15NO3S/c1-15-5-2-6-16-10-7-8(12)3-4-9(10)11(13)14/h3-4,7H,2,5-6,12H2,1H3,(H,13,14). The number of nitrogens with two attached hydrogens (primary N) is 1. The number of hydrogen-bond acceptors (Lipinski definition) is 4. The summed E-state index contributed by atoms with van der Waals surface area (Å²) < 4.78 is 4.93. The van der Waals surface area contributed by atoms with Crippen molar-refractivity contribution in [3.63, 3.8) is 0 Å². The van der Waals surface area contributed by atoms with Gasteiger partial charge in [0.05, 0.1) is 5.56 Å². The number of anilines is 1. The third-order valence-electron chi connectivity index (χ3n) is 1.99. The molecule has 0 saturated heterocycles. The van der Waals surface area contributed by atoms with Crippen LogP contribution in [0.1, 0.15) is 16.8 Å². The van der Waals surface area contributed by atoms with Crippen molar-refractivity contribution in [1.82, 2.24) is 0 Å². The van der Waals surface area contributed by atoms with Gasteiger partial charge in [0.15, 0.2) is 0 Å². The summed E-state index contributed by atoms with van der Waals surface area (Å²) in [5.41, 5.74) is 6.51. The number of methoxy groups -OCH3 is 1. The number of hydrogen-bond donors (Lipinski definition) is 2. The largest absolute Gasteiger partial charge is 0.478 e. The zero-order valence-electron chi connectivity index (χ0n) is 9.10. The minimum absolute atomic E-state index is 0.302. The van der Waals surface area contributed by atoms with Crippen molar-refractivity contribution in [3.8, 4) is 0 Å². The second-order valence-corrected chi connectivity index (χ2v) is 4.39. The Morgan fingerprint density at radius 3 is 2.94 bits per heavy atom. The van der Waals surface area contributed by atoms with Crippen LogP contribution in [0, 0.1) is 0 Å². The molecule has 0 aliphatic rings. The van der Waals surface area contributed by atoms with Gasteiger partial charge in [-0.05, 0) is 24.6 Å². The van der Waals surface area contributed by atoms with E-state index in [2.05, 4.69) is 0 Å². The summed E-state index contributed by atoms with van der Waals surface area (Å²) in [6.07, 6.45) is 0.884. The van der Waals surface area contributed by atoms with Crippen LogP contribution in [-0.4, -0.2) is 30.5 Å². The van der Waals surface area contributed by atoms with E-state index in [0.29, 0.717) is 22.8 Å².